The van der Waals surface area contributed by atoms with Gasteiger partial charge in [0.1, 0.15) is 19.0 Å². The molecule has 125 heavy (non-hydrogen) atoms. The van der Waals surface area contributed by atoms with Crippen LogP contribution in [0.4, 0.5) is 0 Å². The van der Waals surface area contributed by atoms with Gasteiger partial charge in [0.15, 0.2) is 0 Å². The average Bonchev–Trinajstić information content (AvgIpc) is 0.718. The van der Waals surface area contributed by atoms with Gasteiger partial charge in [0.05, 0.1) is 5.41 Å². The van der Waals surface area contributed by atoms with Gasteiger partial charge in [0.2, 0.25) is 0 Å². The molecule has 0 aliphatic carbocycles. The molecule has 1 aromatic rings. The molecule has 0 N–H and O–H groups in total. The van der Waals surface area contributed by atoms with E-state index in [9.17, 15) is 0 Å². The Hall–Kier alpha value is -1.51. The molecule has 0 aliphatic rings. The molecular formula is C122H236O3. The van der Waals surface area contributed by atoms with Crippen molar-refractivity contribution in [2.24, 2.45) is 103 Å². The summed E-state index contributed by atoms with van der Waals surface area (Å²) in [5, 5.41) is 0. The van der Waals surface area contributed by atoms with Gasteiger partial charge in [0.25, 0.3) is 0 Å². The molecule has 0 heterocycles. The number of hydrogen-bond acceptors (Lipinski definition) is 3. The van der Waals surface area contributed by atoms with E-state index in [1.54, 1.807) is 0 Å². The summed E-state index contributed by atoms with van der Waals surface area (Å²) in [7, 11) is 0. The molecule has 0 spiro atoms. The molecule has 0 saturated carbocycles. The molecule has 0 radical (unpaired) electrons. The van der Waals surface area contributed by atoms with Crippen molar-refractivity contribution < 1.29 is 14.3 Å². The van der Waals surface area contributed by atoms with Crippen molar-refractivity contribution in [3.05, 3.63) is 30.3 Å². The molecular weight excluding hydrogens is 1510 g/mol. The third-order valence-electron chi connectivity index (χ3n) is 42.9. The highest BCUT2D eigenvalue weighted by molar-refractivity contribution is 5.76. The largest absolute Gasteiger partial charge is 0.490 e. The monoisotopic (exact) mass is 1750 g/mol. The summed E-state index contributed by atoms with van der Waals surface area (Å²) in [5.41, 5.74) is 0.222. The van der Waals surface area contributed by atoms with Crippen LogP contribution in [-0.4, -0.2) is 19.2 Å². The Morgan fingerprint density at radius 2 is 0.400 bits per heavy atom. The van der Waals surface area contributed by atoms with E-state index >= 15 is 4.79 Å². The van der Waals surface area contributed by atoms with Gasteiger partial charge in [-0.15, -0.1) is 0 Å². The lowest BCUT2D eigenvalue weighted by atomic mass is 9.41. The van der Waals surface area contributed by atoms with E-state index in [2.05, 4.69) is 293 Å². The maximum absolute atomic E-state index is 17.7. The van der Waals surface area contributed by atoms with Gasteiger partial charge >= 0.3 is 5.97 Å². The van der Waals surface area contributed by atoms with Crippen LogP contribution in [0.1, 0.15) is 623 Å². The number of carbonyl (C=O) groups is 1. The van der Waals surface area contributed by atoms with Crippen molar-refractivity contribution in [3.63, 3.8) is 0 Å². The SMILES string of the molecule is CCCC(CC)CC(CC)(CC(CC)(CC)CC)CC(CC(CC)(CC)CC)(CC(CC(CC)(CC)CC)(CC(CC)(CC)CC)CC(CC)(CC)CC)CC(CC(CC(CC)(CC)CC)(CC(CC)(CC)CC)CC(CC)(CC)CC)(CC(CC(CC)(CC)CC)(CC(CC)(CC)CC)CC(CC)(CC)CC)CC(C)(CC)C(=O)OCCOc1ccccc1. The Balaban J connectivity index is 7.29. The number of ether oxygens (including phenoxy) is 2. The summed E-state index contributed by atoms with van der Waals surface area (Å²) in [6.07, 6.45) is 68.5. The minimum absolute atomic E-state index is 0.000154. The number of carbonyl (C=O) groups excluding carboxylic acids is 1. The van der Waals surface area contributed by atoms with Crippen LogP contribution in [0.3, 0.4) is 0 Å². The topological polar surface area (TPSA) is 35.5 Å². The second kappa shape index (κ2) is 55.5. The molecule has 0 aliphatic heterocycles. The van der Waals surface area contributed by atoms with Gasteiger partial charge in [-0.25, -0.2) is 0 Å². The summed E-state index contributed by atoms with van der Waals surface area (Å²) in [4.78, 5) is 17.7. The summed E-state index contributed by atoms with van der Waals surface area (Å²) in [6, 6.07) is 10.4. The van der Waals surface area contributed by atoms with E-state index in [-0.39, 0.29) is 105 Å². The Labute approximate surface area is 790 Å². The molecule has 4 unspecified atom stereocenters. The minimum atomic E-state index is -0.827. The first kappa shape index (κ1) is 121. The highest BCUT2D eigenvalue weighted by atomic mass is 16.6. The molecule has 742 valence electrons. The number of rotatable bonds is 79. The first-order chi connectivity index (χ1) is 59.1. The van der Waals surface area contributed by atoms with Crippen molar-refractivity contribution in [2.75, 3.05) is 13.2 Å². The lowest BCUT2D eigenvalue weighted by molar-refractivity contribution is -0.165. The van der Waals surface area contributed by atoms with Gasteiger partial charge in [0, 0.05) is 0 Å². The lowest BCUT2D eigenvalue weighted by Crippen LogP contribution is -2.53. The second-order valence-corrected chi connectivity index (χ2v) is 47.0. The van der Waals surface area contributed by atoms with Gasteiger partial charge in [-0.2, -0.15) is 0 Å². The van der Waals surface area contributed by atoms with E-state index in [1.165, 1.54) is 347 Å². The highest BCUT2D eigenvalue weighted by Gasteiger charge is 2.63. The van der Waals surface area contributed by atoms with Crippen molar-refractivity contribution >= 4 is 5.97 Å². The van der Waals surface area contributed by atoms with Crippen LogP contribution in [0.5, 0.6) is 5.75 Å². The zero-order valence-electron chi connectivity index (χ0n) is 93.7. The lowest BCUT2D eigenvalue weighted by Gasteiger charge is -2.63. The summed E-state index contributed by atoms with van der Waals surface area (Å²) in [6.45, 7) is 102. The molecule has 3 nitrogen and oxygen atoms in total. The maximum atomic E-state index is 17.7. The Morgan fingerprint density at radius 3 is 0.576 bits per heavy atom. The summed E-state index contributed by atoms with van der Waals surface area (Å²) < 4.78 is 14.0. The normalized spacial score (nSPS) is 15.7. The van der Waals surface area contributed by atoms with E-state index in [0.29, 0.717) is 12.5 Å². The number of esters is 1. The van der Waals surface area contributed by atoms with Gasteiger partial charge in [-0.3, -0.25) is 4.79 Å². The molecule has 4 atom stereocenters. The fourth-order valence-corrected chi connectivity index (χ4v) is 31.2. The molecule has 3 heteroatoms. The van der Waals surface area contributed by atoms with Gasteiger partial charge < -0.3 is 9.47 Å². The Morgan fingerprint density at radius 1 is 0.224 bits per heavy atom. The highest BCUT2D eigenvalue weighted by Crippen LogP contribution is 2.74. The first-order valence-corrected chi connectivity index (χ1v) is 57.0. The standard InChI is InChI=1S/C122H236O3/c1-39-79-102(40-2)84-117(75-37,86-106(42-4,43-5)44-6)97-122(96-116(72-34,73-35)74-36,101-121(93-113(63-25,64-26)65-27,94-114(66-28,67-29)68-30)95-115(69-31,70-32)71-33)100-118(85-105(38,41-3)104(123)125-83-82-124-103-80-77-76-78-81-103,98-119(87-107(45-7,46-8)47-9,88-108(48-10,49-11)50-12)89-109(51-13,52-14)53-15)99-120(90-110(54-16,55-17)56-18,91-111(57-19,58-20)59-21)92-112(60-22,61-23)62-24/h76-78,80-81,102H,39-75,79,82-101H2,1-38H3. The smallest absolute Gasteiger partial charge is 0.311 e. The van der Waals surface area contributed by atoms with Crippen LogP contribution in [0.2, 0.25) is 0 Å². The van der Waals surface area contributed by atoms with Crippen molar-refractivity contribution in [3.8, 4) is 5.75 Å². The van der Waals surface area contributed by atoms with Crippen LogP contribution >= 0.6 is 0 Å². The Bertz CT molecular complexity index is 2560. The third-order valence-corrected chi connectivity index (χ3v) is 42.9. The van der Waals surface area contributed by atoms with Crippen LogP contribution < -0.4 is 4.74 Å². The predicted molar refractivity (Wildman–Crippen MR) is 564 cm³/mol. The predicted octanol–water partition coefficient (Wildman–Crippen LogP) is 42.6. The van der Waals surface area contributed by atoms with Crippen LogP contribution in [0.25, 0.3) is 0 Å². The molecule has 1 aromatic carbocycles. The molecule has 1 rings (SSSR count). The molecule has 0 bridgehead atoms. The van der Waals surface area contributed by atoms with Crippen molar-refractivity contribution in [1.29, 1.82) is 0 Å². The Kier molecular flexibility index (Phi) is 53.9. The van der Waals surface area contributed by atoms with E-state index in [0.717, 1.165) is 18.6 Å². The van der Waals surface area contributed by atoms with Crippen LogP contribution in [-0.2, 0) is 9.53 Å². The average molecular weight is 1750 g/mol. The number of para-hydroxylation sites is 1. The quantitative estimate of drug-likeness (QED) is 0.0482. The van der Waals surface area contributed by atoms with Crippen molar-refractivity contribution in [1.82, 2.24) is 0 Å². The van der Waals surface area contributed by atoms with Gasteiger partial charge in [-0.05, 0) is 239 Å². The molecule has 0 aromatic heterocycles. The van der Waals surface area contributed by atoms with E-state index < -0.39 is 5.41 Å². The fraction of sp³-hybridized carbons (Fsp3) is 0.943. The van der Waals surface area contributed by atoms with E-state index in [4.69, 9.17) is 9.47 Å². The maximum Gasteiger partial charge on any atom is 0.311 e. The van der Waals surface area contributed by atoms with E-state index in [1.807, 2.05) is 0 Å². The minimum Gasteiger partial charge on any atom is -0.490 e. The molecule has 0 amide bonds. The third kappa shape index (κ3) is 31.8. The van der Waals surface area contributed by atoms with Crippen LogP contribution in [0.15, 0.2) is 30.3 Å². The number of hydrogen-bond donors (Lipinski definition) is 0. The van der Waals surface area contributed by atoms with Gasteiger partial charge in [-0.1, -0.05) is 512 Å². The number of benzene rings is 1. The summed E-state index contributed by atoms with van der Waals surface area (Å²) in [5.74, 6) is 1.55. The zero-order valence-corrected chi connectivity index (χ0v) is 93.7. The first-order valence-electron chi connectivity index (χ1n) is 57.0. The fourth-order valence-electron chi connectivity index (χ4n) is 31.2. The van der Waals surface area contributed by atoms with Crippen LogP contribution in [0, 0.1) is 103 Å². The van der Waals surface area contributed by atoms with Crippen molar-refractivity contribution in [2.45, 2.75) is 623 Å². The second-order valence-electron chi connectivity index (χ2n) is 47.0. The molecule has 0 saturated heterocycles. The summed E-state index contributed by atoms with van der Waals surface area (Å²) >= 11 is 0. The molecule has 0 fully saturated rings. The zero-order chi connectivity index (χ0) is 95.7.